The van der Waals surface area contributed by atoms with Gasteiger partial charge in [-0.15, -0.1) is 0 Å². The molecule has 0 aliphatic heterocycles. The lowest BCUT2D eigenvalue weighted by molar-refractivity contribution is 0.624. The third kappa shape index (κ3) is 4.19. The first kappa shape index (κ1) is 16.2. The molecule has 0 saturated carbocycles. The molecule has 0 aliphatic rings. The molecule has 0 bridgehead atoms. The number of pyridine rings is 1. The minimum atomic E-state index is -0.165. The second-order valence-corrected chi connectivity index (χ2v) is 6.13. The van der Waals surface area contributed by atoms with Crippen LogP contribution in [-0.2, 0) is 12.8 Å². The maximum Gasteiger partial charge on any atom is 0.124 e. The Morgan fingerprint density at radius 1 is 0.917 bits per heavy atom. The highest BCUT2D eigenvalue weighted by molar-refractivity contribution is 5.62. The zero-order valence-corrected chi connectivity index (χ0v) is 13.8. The topological polar surface area (TPSA) is 38.9 Å². The Morgan fingerprint density at radius 2 is 1.67 bits per heavy atom. The van der Waals surface area contributed by atoms with Crippen LogP contribution in [0.25, 0.3) is 11.3 Å². The van der Waals surface area contributed by atoms with Gasteiger partial charge in [0.2, 0.25) is 0 Å². The van der Waals surface area contributed by atoms with E-state index in [9.17, 15) is 4.39 Å². The lowest BCUT2D eigenvalue weighted by Crippen LogP contribution is -1.94. The average molecular weight is 320 g/mol. The van der Waals surface area contributed by atoms with E-state index in [1.165, 1.54) is 11.6 Å². The summed E-state index contributed by atoms with van der Waals surface area (Å²) < 4.78 is 13.2. The summed E-state index contributed by atoms with van der Waals surface area (Å²) in [6, 6.07) is 19.1. The van der Waals surface area contributed by atoms with Crippen molar-refractivity contribution in [3.8, 4) is 11.3 Å². The van der Waals surface area contributed by atoms with Crippen LogP contribution in [0.4, 0.5) is 10.2 Å². The lowest BCUT2D eigenvalue weighted by atomic mass is 10.0. The summed E-state index contributed by atoms with van der Waals surface area (Å²) in [4.78, 5) is 4.39. The van der Waals surface area contributed by atoms with Gasteiger partial charge in [-0.1, -0.05) is 36.4 Å². The fraction of sp³-hybridized carbons (Fsp3) is 0.190. The Kier molecular flexibility index (Phi) is 4.90. The number of rotatable bonds is 5. The van der Waals surface area contributed by atoms with Crippen LogP contribution in [0.2, 0.25) is 0 Å². The van der Waals surface area contributed by atoms with Crippen LogP contribution < -0.4 is 5.73 Å². The normalized spacial score (nSPS) is 10.8. The van der Waals surface area contributed by atoms with Crippen LogP contribution in [-0.4, -0.2) is 4.98 Å². The maximum atomic E-state index is 13.2. The second kappa shape index (κ2) is 7.26. The Hall–Kier alpha value is -2.68. The molecule has 1 aromatic heterocycles. The van der Waals surface area contributed by atoms with Crippen molar-refractivity contribution in [3.05, 3.63) is 83.2 Å². The zero-order chi connectivity index (χ0) is 16.9. The molecule has 0 unspecified atom stereocenters. The molecule has 2 N–H and O–H groups in total. The van der Waals surface area contributed by atoms with Gasteiger partial charge >= 0.3 is 0 Å². The Morgan fingerprint density at radius 3 is 2.38 bits per heavy atom. The minimum absolute atomic E-state index is 0.165. The number of nitrogen functional groups attached to an aromatic ring is 1. The van der Waals surface area contributed by atoms with E-state index in [-0.39, 0.29) is 5.82 Å². The molecule has 3 heteroatoms. The van der Waals surface area contributed by atoms with Crippen molar-refractivity contribution < 1.29 is 4.39 Å². The van der Waals surface area contributed by atoms with Gasteiger partial charge in [0.1, 0.15) is 11.6 Å². The molecule has 0 saturated heterocycles. The molecule has 2 aromatic carbocycles. The molecule has 3 aromatic rings. The number of halogens is 1. The largest absolute Gasteiger partial charge is 0.384 e. The molecule has 0 aliphatic carbocycles. The number of nitrogens with zero attached hydrogens (tertiary/aromatic N) is 1. The molecule has 1 heterocycles. The predicted octanol–water partition coefficient (Wildman–Crippen LogP) is 4.95. The summed E-state index contributed by atoms with van der Waals surface area (Å²) in [5.41, 5.74) is 11.2. The summed E-state index contributed by atoms with van der Waals surface area (Å²) in [6.07, 6.45) is 2.86. The quantitative estimate of drug-likeness (QED) is 0.722. The van der Waals surface area contributed by atoms with Crippen molar-refractivity contribution in [2.24, 2.45) is 0 Å². The molecule has 24 heavy (non-hydrogen) atoms. The van der Waals surface area contributed by atoms with Crippen molar-refractivity contribution >= 4 is 5.82 Å². The lowest BCUT2D eigenvalue weighted by Gasteiger charge is -2.06. The fourth-order valence-electron chi connectivity index (χ4n) is 2.87. The summed E-state index contributed by atoms with van der Waals surface area (Å²) >= 11 is 0. The highest BCUT2D eigenvalue weighted by Crippen LogP contribution is 2.21. The molecule has 0 atom stereocenters. The Bertz CT molecular complexity index is 805. The van der Waals surface area contributed by atoms with Gasteiger partial charge in [-0.3, -0.25) is 0 Å². The molecule has 2 nitrogen and oxygen atoms in total. The molecular formula is C21H21FN2. The van der Waals surface area contributed by atoms with Gasteiger partial charge in [0.05, 0.1) is 5.69 Å². The van der Waals surface area contributed by atoms with Crippen LogP contribution in [0.1, 0.15) is 23.1 Å². The second-order valence-electron chi connectivity index (χ2n) is 6.13. The van der Waals surface area contributed by atoms with Gasteiger partial charge in [0.15, 0.2) is 0 Å². The highest BCUT2D eigenvalue weighted by atomic mass is 19.1. The Labute approximate surface area is 142 Å². The summed E-state index contributed by atoms with van der Waals surface area (Å²) in [5, 5.41) is 0. The predicted molar refractivity (Wildman–Crippen MR) is 97.2 cm³/mol. The molecule has 0 amide bonds. The maximum absolute atomic E-state index is 13.2. The van der Waals surface area contributed by atoms with Crippen molar-refractivity contribution in [2.45, 2.75) is 26.2 Å². The zero-order valence-electron chi connectivity index (χ0n) is 13.8. The number of hydrogen-bond acceptors (Lipinski definition) is 2. The van der Waals surface area contributed by atoms with Gasteiger partial charge in [0, 0.05) is 5.56 Å². The van der Waals surface area contributed by atoms with Gasteiger partial charge in [-0.2, -0.15) is 0 Å². The molecular weight excluding hydrogens is 299 g/mol. The van der Waals surface area contributed by atoms with E-state index >= 15 is 0 Å². The van der Waals surface area contributed by atoms with Crippen LogP contribution in [0, 0.1) is 12.7 Å². The van der Waals surface area contributed by atoms with Gasteiger partial charge in [-0.05, 0) is 67.1 Å². The van der Waals surface area contributed by atoms with E-state index in [1.807, 2.05) is 25.1 Å². The summed E-state index contributed by atoms with van der Waals surface area (Å²) in [5.74, 6) is 0.381. The number of nitrogens with two attached hydrogens (primary N) is 1. The van der Waals surface area contributed by atoms with Crippen molar-refractivity contribution in [1.29, 1.82) is 0 Å². The molecule has 122 valence electrons. The van der Waals surface area contributed by atoms with Crippen molar-refractivity contribution in [1.82, 2.24) is 4.98 Å². The van der Waals surface area contributed by atoms with Crippen molar-refractivity contribution in [2.75, 3.05) is 5.73 Å². The van der Waals surface area contributed by atoms with E-state index in [0.717, 1.165) is 41.6 Å². The number of aromatic nitrogens is 1. The molecule has 3 rings (SSSR count). The molecule has 0 fully saturated rings. The monoisotopic (exact) mass is 320 g/mol. The summed E-state index contributed by atoms with van der Waals surface area (Å²) in [7, 11) is 0. The number of aryl methyl sites for hydroxylation is 3. The average Bonchev–Trinajstić information content (AvgIpc) is 2.55. The Balaban J connectivity index is 1.62. The van der Waals surface area contributed by atoms with Gasteiger partial charge in [0.25, 0.3) is 0 Å². The van der Waals surface area contributed by atoms with E-state index in [4.69, 9.17) is 5.73 Å². The molecule has 0 radical (unpaired) electrons. The van der Waals surface area contributed by atoms with Crippen LogP contribution in [0.5, 0.6) is 0 Å². The van der Waals surface area contributed by atoms with E-state index in [1.54, 1.807) is 12.1 Å². The fourth-order valence-corrected chi connectivity index (χ4v) is 2.87. The van der Waals surface area contributed by atoms with Crippen LogP contribution in [0.3, 0.4) is 0 Å². The SMILES string of the molecule is Cc1cc(N)nc(-c2ccc(CCCc3cccc(F)c3)cc2)c1. The third-order valence-electron chi connectivity index (χ3n) is 4.06. The molecule has 0 spiro atoms. The first-order chi connectivity index (χ1) is 11.6. The number of anilines is 1. The first-order valence-corrected chi connectivity index (χ1v) is 8.18. The van der Waals surface area contributed by atoms with Crippen LogP contribution in [0.15, 0.2) is 60.7 Å². The van der Waals surface area contributed by atoms with Gasteiger partial charge in [-0.25, -0.2) is 9.37 Å². The van der Waals surface area contributed by atoms with E-state index < -0.39 is 0 Å². The third-order valence-corrected chi connectivity index (χ3v) is 4.06. The first-order valence-electron chi connectivity index (χ1n) is 8.18. The smallest absolute Gasteiger partial charge is 0.124 e. The number of benzene rings is 2. The van der Waals surface area contributed by atoms with E-state index in [0.29, 0.717) is 5.82 Å². The summed E-state index contributed by atoms with van der Waals surface area (Å²) in [6.45, 7) is 2.02. The van der Waals surface area contributed by atoms with Crippen molar-refractivity contribution in [3.63, 3.8) is 0 Å². The number of hydrogen-bond donors (Lipinski definition) is 1. The van der Waals surface area contributed by atoms with Gasteiger partial charge < -0.3 is 5.73 Å². The minimum Gasteiger partial charge on any atom is -0.384 e. The van der Waals surface area contributed by atoms with Crippen LogP contribution >= 0.6 is 0 Å². The van der Waals surface area contributed by atoms with E-state index in [2.05, 4.69) is 29.2 Å². The highest BCUT2D eigenvalue weighted by Gasteiger charge is 2.03. The standard InChI is InChI=1S/C21H21FN2/c1-15-12-20(24-21(23)13-15)18-10-8-16(9-11-18)4-2-5-17-6-3-7-19(22)14-17/h3,6-14H,2,4-5H2,1H3,(H2,23,24).